The molecule has 0 heterocycles. The van der Waals surface area contributed by atoms with Crippen molar-refractivity contribution in [2.75, 3.05) is 0 Å². The SMILES string of the molecule is CC(C)(C)[C@H](NC(=O)C1Cc2ccccc2C1)C(=O)O. The Morgan fingerprint density at radius 1 is 1.20 bits per heavy atom. The van der Waals surface area contributed by atoms with Crippen molar-refractivity contribution >= 4 is 11.9 Å². The number of carboxylic acid groups (broad SMARTS) is 1. The molecule has 20 heavy (non-hydrogen) atoms. The lowest BCUT2D eigenvalue weighted by Gasteiger charge is -2.28. The highest BCUT2D eigenvalue weighted by molar-refractivity contribution is 5.86. The van der Waals surface area contributed by atoms with Gasteiger partial charge in [-0.25, -0.2) is 4.79 Å². The molecule has 4 heteroatoms. The van der Waals surface area contributed by atoms with Gasteiger partial charge in [-0.1, -0.05) is 45.0 Å². The summed E-state index contributed by atoms with van der Waals surface area (Å²) in [5.41, 5.74) is 1.87. The number of aliphatic carboxylic acids is 1. The highest BCUT2D eigenvalue weighted by Gasteiger charge is 2.35. The van der Waals surface area contributed by atoms with Gasteiger partial charge in [0.05, 0.1) is 0 Å². The van der Waals surface area contributed by atoms with E-state index in [0.29, 0.717) is 12.8 Å². The molecule has 0 saturated heterocycles. The van der Waals surface area contributed by atoms with Gasteiger partial charge in [-0.2, -0.15) is 0 Å². The molecular formula is C16H21NO3. The largest absolute Gasteiger partial charge is 0.480 e. The summed E-state index contributed by atoms with van der Waals surface area (Å²) in [5, 5.41) is 12.0. The Bertz CT molecular complexity index is 506. The monoisotopic (exact) mass is 275 g/mol. The zero-order valence-corrected chi connectivity index (χ0v) is 12.1. The predicted octanol–water partition coefficient (Wildman–Crippen LogP) is 2.02. The first-order valence-electron chi connectivity index (χ1n) is 6.89. The molecule has 1 atom stereocenters. The molecule has 0 radical (unpaired) electrons. The lowest BCUT2D eigenvalue weighted by molar-refractivity contribution is -0.145. The van der Waals surface area contributed by atoms with Crippen molar-refractivity contribution in [3.63, 3.8) is 0 Å². The maximum Gasteiger partial charge on any atom is 0.326 e. The van der Waals surface area contributed by atoms with Crippen LogP contribution in [0, 0.1) is 11.3 Å². The minimum absolute atomic E-state index is 0.156. The molecule has 1 amide bonds. The third-order valence-electron chi connectivity index (χ3n) is 3.82. The lowest BCUT2D eigenvalue weighted by atomic mass is 9.86. The molecule has 2 N–H and O–H groups in total. The molecule has 4 nitrogen and oxygen atoms in total. The van der Waals surface area contributed by atoms with E-state index in [9.17, 15) is 14.7 Å². The van der Waals surface area contributed by atoms with Gasteiger partial charge in [0.1, 0.15) is 6.04 Å². The third-order valence-corrected chi connectivity index (χ3v) is 3.82. The molecule has 1 aliphatic rings. The summed E-state index contributed by atoms with van der Waals surface area (Å²) in [5.74, 6) is -1.30. The minimum Gasteiger partial charge on any atom is -0.480 e. The number of carboxylic acids is 1. The number of carbonyl (C=O) groups is 2. The van der Waals surface area contributed by atoms with E-state index in [0.717, 1.165) is 0 Å². The van der Waals surface area contributed by atoms with E-state index in [1.165, 1.54) is 11.1 Å². The average molecular weight is 275 g/mol. The molecule has 0 saturated carbocycles. The molecule has 1 aliphatic carbocycles. The summed E-state index contributed by atoms with van der Waals surface area (Å²) in [4.78, 5) is 23.6. The number of amides is 1. The van der Waals surface area contributed by atoms with Crippen LogP contribution < -0.4 is 5.32 Å². The first kappa shape index (κ1) is 14.6. The molecule has 1 aromatic carbocycles. The van der Waals surface area contributed by atoms with Crippen molar-refractivity contribution in [2.45, 2.75) is 39.7 Å². The van der Waals surface area contributed by atoms with Crippen LogP contribution in [0.25, 0.3) is 0 Å². The number of rotatable bonds is 3. The summed E-state index contributed by atoms with van der Waals surface area (Å²) in [7, 11) is 0. The Labute approximate surface area is 119 Å². The molecule has 108 valence electrons. The first-order valence-corrected chi connectivity index (χ1v) is 6.89. The number of benzene rings is 1. The zero-order valence-electron chi connectivity index (χ0n) is 12.1. The van der Waals surface area contributed by atoms with Gasteiger partial charge in [-0.15, -0.1) is 0 Å². The summed E-state index contributed by atoms with van der Waals surface area (Å²) >= 11 is 0. The van der Waals surface area contributed by atoms with E-state index >= 15 is 0 Å². The van der Waals surface area contributed by atoms with Crippen LogP contribution in [0.5, 0.6) is 0 Å². The average Bonchev–Trinajstić information content (AvgIpc) is 2.77. The second-order valence-electron chi connectivity index (χ2n) is 6.52. The van der Waals surface area contributed by atoms with Crippen molar-refractivity contribution in [1.82, 2.24) is 5.32 Å². The first-order chi connectivity index (χ1) is 9.29. The van der Waals surface area contributed by atoms with Crippen LogP contribution in [0.4, 0.5) is 0 Å². The van der Waals surface area contributed by atoms with Crippen molar-refractivity contribution in [3.05, 3.63) is 35.4 Å². The Balaban J connectivity index is 2.05. The maximum atomic E-state index is 12.3. The number of nitrogens with one attached hydrogen (secondary N) is 1. The highest BCUT2D eigenvalue weighted by atomic mass is 16.4. The summed E-state index contributed by atoms with van der Waals surface area (Å²) in [6, 6.07) is 7.13. The number of hydrogen-bond acceptors (Lipinski definition) is 2. The fourth-order valence-electron chi connectivity index (χ4n) is 2.65. The van der Waals surface area contributed by atoms with E-state index in [-0.39, 0.29) is 11.8 Å². The van der Waals surface area contributed by atoms with Gasteiger partial charge in [0.2, 0.25) is 5.91 Å². The zero-order chi connectivity index (χ0) is 14.9. The van der Waals surface area contributed by atoms with Crippen molar-refractivity contribution in [3.8, 4) is 0 Å². The van der Waals surface area contributed by atoms with Crippen molar-refractivity contribution in [2.24, 2.45) is 11.3 Å². The van der Waals surface area contributed by atoms with Crippen LogP contribution in [0.3, 0.4) is 0 Å². The van der Waals surface area contributed by atoms with Crippen molar-refractivity contribution < 1.29 is 14.7 Å². The number of hydrogen-bond donors (Lipinski definition) is 2. The van der Waals surface area contributed by atoms with Crippen LogP contribution in [0.1, 0.15) is 31.9 Å². The lowest BCUT2D eigenvalue weighted by Crippen LogP contribution is -2.50. The standard InChI is InChI=1S/C16H21NO3/c1-16(2,3)13(15(19)20)17-14(18)12-8-10-6-4-5-7-11(10)9-12/h4-7,12-13H,8-9H2,1-3H3,(H,17,18)(H,19,20)/t13-/m1/s1. The Morgan fingerprint density at radius 3 is 2.10 bits per heavy atom. The van der Waals surface area contributed by atoms with Gasteiger partial charge in [-0.3, -0.25) is 4.79 Å². The van der Waals surface area contributed by atoms with E-state index < -0.39 is 17.4 Å². The predicted molar refractivity (Wildman–Crippen MR) is 76.4 cm³/mol. The van der Waals surface area contributed by atoms with Crippen LogP contribution in [0.15, 0.2) is 24.3 Å². The van der Waals surface area contributed by atoms with Crippen LogP contribution >= 0.6 is 0 Å². The number of fused-ring (bicyclic) bond motifs is 1. The molecule has 0 unspecified atom stereocenters. The van der Waals surface area contributed by atoms with Gasteiger partial charge in [0.25, 0.3) is 0 Å². The molecule has 0 fully saturated rings. The summed E-state index contributed by atoms with van der Waals surface area (Å²) < 4.78 is 0. The third kappa shape index (κ3) is 3.00. The Kier molecular flexibility index (Phi) is 3.84. The van der Waals surface area contributed by atoms with Gasteiger partial charge in [0.15, 0.2) is 0 Å². The fraction of sp³-hybridized carbons (Fsp3) is 0.500. The van der Waals surface area contributed by atoms with E-state index in [1.54, 1.807) is 0 Å². The van der Waals surface area contributed by atoms with Crippen LogP contribution in [-0.4, -0.2) is 23.0 Å². The molecule has 0 bridgehead atoms. The smallest absolute Gasteiger partial charge is 0.326 e. The van der Waals surface area contributed by atoms with Crippen LogP contribution in [-0.2, 0) is 22.4 Å². The second-order valence-corrected chi connectivity index (χ2v) is 6.52. The van der Waals surface area contributed by atoms with E-state index in [1.807, 2.05) is 45.0 Å². The van der Waals surface area contributed by atoms with Gasteiger partial charge >= 0.3 is 5.97 Å². The van der Waals surface area contributed by atoms with Crippen molar-refractivity contribution in [1.29, 1.82) is 0 Å². The Morgan fingerprint density at radius 2 is 1.70 bits per heavy atom. The van der Waals surface area contributed by atoms with Crippen LogP contribution in [0.2, 0.25) is 0 Å². The minimum atomic E-state index is -0.985. The normalized spacial score (nSPS) is 16.6. The van der Waals surface area contributed by atoms with Gasteiger partial charge in [-0.05, 0) is 29.4 Å². The molecule has 0 aliphatic heterocycles. The topological polar surface area (TPSA) is 66.4 Å². The number of carbonyl (C=O) groups excluding carboxylic acids is 1. The molecular weight excluding hydrogens is 254 g/mol. The van der Waals surface area contributed by atoms with Gasteiger partial charge < -0.3 is 10.4 Å². The summed E-state index contributed by atoms with van der Waals surface area (Å²) in [6.45, 7) is 5.44. The highest BCUT2D eigenvalue weighted by Crippen LogP contribution is 2.27. The quantitative estimate of drug-likeness (QED) is 0.887. The maximum absolute atomic E-state index is 12.3. The molecule has 0 aromatic heterocycles. The van der Waals surface area contributed by atoms with Gasteiger partial charge in [0, 0.05) is 5.92 Å². The van der Waals surface area contributed by atoms with E-state index in [4.69, 9.17) is 0 Å². The van der Waals surface area contributed by atoms with E-state index in [2.05, 4.69) is 5.32 Å². The fourth-order valence-corrected chi connectivity index (χ4v) is 2.65. The summed E-state index contributed by atoms with van der Waals surface area (Å²) in [6.07, 6.45) is 1.39. The molecule has 2 rings (SSSR count). The second kappa shape index (κ2) is 5.27. The molecule has 1 aromatic rings. The molecule has 0 spiro atoms. The Hall–Kier alpha value is -1.84.